The zero-order chi connectivity index (χ0) is 28.5. The van der Waals surface area contributed by atoms with Crippen LogP contribution in [0, 0.1) is 10.1 Å². The molecule has 2 aromatic heterocycles. The summed E-state index contributed by atoms with van der Waals surface area (Å²) in [4.78, 5) is 29.6. The highest BCUT2D eigenvalue weighted by atomic mass is 35.5. The van der Waals surface area contributed by atoms with Crippen LogP contribution in [-0.4, -0.2) is 20.8 Å². The molecule has 0 saturated carbocycles. The third-order valence-corrected chi connectivity index (χ3v) is 6.70. The van der Waals surface area contributed by atoms with Crippen molar-refractivity contribution in [2.45, 2.75) is 6.61 Å². The predicted octanol–water partition coefficient (Wildman–Crippen LogP) is 7.49. The Kier molecular flexibility index (Phi) is 6.96. The fourth-order valence-corrected chi connectivity index (χ4v) is 4.75. The van der Waals surface area contributed by atoms with E-state index < -0.39 is 10.5 Å². The molecule has 0 atom stereocenters. The van der Waals surface area contributed by atoms with Gasteiger partial charge in [0.25, 0.3) is 5.56 Å². The second kappa shape index (κ2) is 10.9. The van der Waals surface area contributed by atoms with Crippen LogP contribution in [0.3, 0.4) is 0 Å². The highest BCUT2D eigenvalue weighted by Crippen LogP contribution is 2.35. The Morgan fingerprint density at radius 3 is 2.56 bits per heavy atom. The van der Waals surface area contributed by atoms with Gasteiger partial charge in [0.05, 0.1) is 22.0 Å². The van der Waals surface area contributed by atoms with Crippen LogP contribution in [0.25, 0.3) is 33.5 Å². The van der Waals surface area contributed by atoms with E-state index in [2.05, 4.69) is 10.1 Å². The van der Waals surface area contributed by atoms with E-state index >= 15 is 0 Å². The lowest BCUT2D eigenvalue weighted by Crippen LogP contribution is -2.20. The van der Waals surface area contributed by atoms with E-state index in [1.165, 1.54) is 18.3 Å². The summed E-state index contributed by atoms with van der Waals surface area (Å²) in [6.45, 7) is 0.0639. The Morgan fingerprint density at radius 1 is 0.976 bits per heavy atom. The molecule has 0 N–H and O–H groups in total. The summed E-state index contributed by atoms with van der Waals surface area (Å²) in [5, 5.41) is 18.0. The van der Waals surface area contributed by atoms with E-state index in [1.807, 2.05) is 30.3 Å². The molecular weight excluding hydrogens is 567 g/mol. The van der Waals surface area contributed by atoms with Crippen LogP contribution in [0.5, 0.6) is 5.75 Å². The Labute approximate surface area is 242 Å². The molecule has 41 heavy (non-hydrogen) atoms. The quantitative estimate of drug-likeness (QED) is 0.109. The molecule has 0 radical (unpaired) electrons. The summed E-state index contributed by atoms with van der Waals surface area (Å²) in [5.74, 6) is 0.356. The first-order chi connectivity index (χ1) is 19.9. The third-order valence-electron chi connectivity index (χ3n) is 6.25. The van der Waals surface area contributed by atoms with Crippen molar-refractivity contribution in [2.24, 2.45) is 5.10 Å². The lowest BCUT2D eigenvalue weighted by Gasteiger charge is -2.11. The summed E-state index contributed by atoms with van der Waals surface area (Å²) in [7, 11) is 0. The number of fused-ring (bicyclic) bond motifs is 2. The number of nitro groups is 1. The monoisotopic (exact) mass is 584 g/mol. The molecule has 9 nitrogen and oxygen atoms in total. The van der Waals surface area contributed by atoms with Crippen LogP contribution in [0.1, 0.15) is 11.1 Å². The van der Waals surface area contributed by atoms with Gasteiger partial charge >= 0.3 is 5.69 Å². The molecule has 11 heteroatoms. The number of nitrogens with zero attached hydrogens (tertiary/aromatic N) is 4. The third kappa shape index (κ3) is 5.28. The molecule has 0 bridgehead atoms. The second-order valence-corrected chi connectivity index (χ2v) is 9.85. The average Bonchev–Trinajstić information content (AvgIpc) is 3.39. The zero-order valence-electron chi connectivity index (χ0n) is 21.0. The molecule has 0 saturated heterocycles. The van der Waals surface area contributed by atoms with Crippen molar-refractivity contribution >= 4 is 57.0 Å². The predicted molar refractivity (Wildman–Crippen MR) is 158 cm³/mol. The van der Waals surface area contributed by atoms with E-state index in [-0.39, 0.29) is 40.2 Å². The largest absolute Gasteiger partial charge is 0.481 e. The number of furan rings is 1. The number of hydrogen-bond acceptors (Lipinski definition) is 7. The molecule has 6 rings (SSSR count). The van der Waals surface area contributed by atoms with Crippen molar-refractivity contribution in [3.63, 3.8) is 0 Å². The number of nitro benzene ring substituents is 1. The molecule has 0 spiro atoms. The Bertz CT molecular complexity index is 2040. The number of hydrogen-bond donors (Lipinski definition) is 0. The topological polar surface area (TPSA) is 113 Å². The van der Waals surface area contributed by atoms with Crippen LogP contribution < -0.4 is 10.3 Å². The Hall–Kier alpha value is -4.99. The van der Waals surface area contributed by atoms with E-state index in [0.29, 0.717) is 26.9 Å². The maximum atomic E-state index is 13.6. The number of benzene rings is 4. The van der Waals surface area contributed by atoms with Gasteiger partial charge in [-0.05, 0) is 48.0 Å². The van der Waals surface area contributed by atoms with E-state index in [0.717, 1.165) is 10.2 Å². The number of rotatable bonds is 7. The van der Waals surface area contributed by atoms with Crippen molar-refractivity contribution in [2.75, 3.05) is 0 Å². The van der Waals surface area contributed by atoms with Crippen LogP contribution in [0.15, 0.2) is 105 Å². The van der Waals surface area contributed by atoms with Gasteiger partial charge < -0.3 is 9.15 Å². The molecule has 0 aliphatic rings. The fraction of sp³-hybridized carbons (Fsp3) is 0.0333. The molecule has 2 heterocycles. The van der Waals surface area contributed by atoms with Crippen molar-refractivity contribution in [1.82, 2.24) is 9.66 Å². The van der Waals surface area contributed by atoms with Gasteiger partial charge in [0.2, 0.25) is 11.6 Å². The molecule has 0 aliphatic carbocycles. The van der Waals surface area contributed by atoms with Gasteiger partial charge in [-0.3, -0.25) is 14.9 Å². The lowest BCUT2D eigenvalue weighted by molar-refractivity contribution is -0.385. The minimum absolute atomic E-state index is 0.0475. The van der Waals surface area contributed by atoms with Crippen molar-refractivity contribution in [3.8, 4) is 17.3 Å². The molecular formula is C30H18Cl2N4O5. The molecule has 0 unspecified atom stereocenters. The SMILES string of the molecule is O=c1c2ccccc2nc(-c2cc3cc(Cl)ccc3o2)n1N=Cc1cc(Cl)cc([N+](=O)[O-])c1OCc1ccccc1. The smallest absolute Gasteiger partial charge is 0.313 e. The van der Waals surface area contributed by atoms with Gasteiger partial charge in [0.15, 0.2) is 5.76 Å². The standard InChI is InChI=1S/C30H18Cl2N4O5/c31-21-10-11-26-19(12-21)14-27(41-26)29-34-24-9-5-4-8-23(24)30(37)35(29)33-16-20-13-22(32)15-25(36(38)39)28(20)40-17-18-6-2-1-3-7-18/h1-16H,17H2. The summed E-state index contributed by atoms with van der Waals surface area (Å²) in [5.41, 5.74) is 1.19. The molecule has 0 fully saturated rings. The van der Waals surface area contributed by atoms with E-state index in [9.17, 15) is 14.9 Å². The van der Waals surface area contributed by atoms with Gasteiger partial charge in [0, 0.05) is 27.1 Å². The number of aromatic nitrogens is 2. The van der Waals surface area contributed by atoms with Crippen LogP contribution in [-0.2, 0) is 6.61 Å². The highest BCUT2D eigenvalue weighted by molar-refractivity contribution is 6.31. The summed E-state index contributed by atoms with van der Waals surface area (Å²) >= 11 is 12.4. The first kappa shape index (κ1) is 26.2. The maximum Gasteiger partial charge on any atom is 0.313 e. The Balaban J connectivity index is 1.51. The van der Waals surface area contributed by atoms with E-state index in [1.54, 1.807) is 48.5 Å². The van der Waals surface area contributed by atoms with Gasteiger partial charge in [-0.1, -0.05) is 65.7 Å². The summed E-state index contributed by atoms with van der Waals surface area (Å²) in [6, 6.07) is 25.6. The second-order valence-electron chi connectivity index (χ2n) is 8.98. The van der Waals surface area contributed by atoms with Gasteiger partial charge in [-0.2, -0.15) is 9.78 Å². The maximum absolute atomic E-state index is 13.6. The van der Waals surface area contributed by atoms with Crippen molar-refractivity contribution in [1.29, 1.82) is 0 Å². The first-order valence-corrected chi connectivity index (χ1v) is 13.0. The van der Waals surface area contributed by atoms with Crippen molar-refractivity contribution < 1.29 is 14.1 Å². The average molecular weight is 585 g/mol. The molecule has 202 valence electrons. The number of halogens is 2. The van der Waals surface area contributed by atoms with Gasteiger partial charge in [-0.25, -0.2) is 4.98 Å². The first-order valence-electron chi connectivity index (χ1n) is 12.3. The van der Waals surface area contributed by atoms with Crippen LogP contribution in [0.2, 0.25) is 10.0 Å². The van der Waals surface area contributed by atoms with Gasteiger partial charge in [0.1, 0.15) is 12.2 Å². The molecule has 0 aliphatic heterocycles. The summed E-state index contributed by atoms with van der Waals surface area (Å²) in [6.07, 6.45) is 1.28. The Morgan fingerprint density at radius 2 is 1.76 bits per heavy atom. The van der Waals surface area contributed by atoms with Crippen LogP contribution >= 0.6 is 23.2 Å². The fourth-order valence-electron chi connectivity index (χ4n) is 4.35. The normalized spacial score (nSPS) is 11.5. The highest BCUT2D eigenvalue weighted by Gasteiger charge is 2.22. The van der Waals surface area contributed by atoms with E-state index in [4.69, 9.17) is 32.4 Å². The minimum Gasteiger partial charge on any atom is -0.481 e. The number of ether oxygens (including phenoxy) is 1. The molecule has 0 amide bonds. The molecule has 4 aromatic carbocycles. The summed E-state index contributed by atoms with van der Waals surface area (Å²) < 4.78 is 13.0. The van der Waals surface area contributed by atoms with Crippen molar-refractivity contribution in [3.05, 3.63) is 133 Å². The van der Waals surface area contributed by atoms with Crippen LogP contribution in [0.4, 0.5) is 5.69 Å². The number of para-hydroxylation sites is 1. The van der Waals surface area contributed by atoms with Gasteiger partial charge in [-0.15, -0.1) is 0 Å². The molecule has 6 aromatic rings. The lowest BCUT2D eigenvalue weighted by atomic mass is 10.2. The zero-order valence-corrected chi connectivity index (χ0v) is 22.5. The minimum atomic E-state index is -0.585.